The summed E-state index contributed by atoms with van der Waals surface area (Å²) >= 11 is 1.15. The van der Waals surface area contributed by atoms with Crippen LogP contribution in [0.5, 0.6) is 5.75 Å². The molecule has 1 N–H and O–H groups in total. The van der Waals surface area contributed by atoms with Crippen molar-refractivity contribution >= 4 is 27.6 Å². The molecule has 5 nitrogen and oxygen atoms in total. The van der Waals surface area contributed by atoms with Crippen LogP contribution in [0.4, 0.5) is 0 Å². The first-order valence-electron chi connectivity index (χ1n) is 8.49. The lowest BCUT2D eigenvalue weighted by Crippen LogP contribution is -2.17. The van der Waals surface area contributed by atoms with Crippen LogP contribution in [0.3, 0.4) is 0 Å². The fourth-order valence-corrected chi connectivity index (χ4v) is 4.17. The molecule has 140 valence electrons. The lowest BCUT2D eigenvalue weighted by molar-refractivity contribution is 0.311. The van der Waals surface area contributed by atoms with Crippen LogP contribution in [-0.4, -0.2) is 21.2 Å². The number of hydrogen-bond donors (Lipinski definition) is 1. The summed E-state index contributed by atoms with van der Waals surface area (Å²) in [6.07, 6.45) is 3.39. The number of sulfonamides is 1. The van der Waals surface area contributed by atoms with Crippen molar-refractivity contribution in [2.45, 2.75) is 17.1 Å². The Morgan fingerprint density at radius 3 is 2.48 bits per heavy atom. The van der Waals surface area contributed by atoms with Gasteiger partial charge in [-0.3, -0.25) is 0 Å². The topological polar surface area (TPSA) is 67.8 Å². The second kappa shape index (κ2) is 9.34. The molecule has 0 fully saturated rings. The van der Waals surface area contributed by atoms with E-state index >= 15 is 0 Å². The number of nitrogens with one attached hydrogen (secondary N) is 1. The number of hydrazone groups is 1. The Hall–Kier alpha value is -2.64. The summed E-state index contributed by atoms with van der Waals surface area (Å²) in [6.45, 7) is 0.642. The zero-order valence-electron chi connectivity index (χ0n) is 14.6. The lowest BCUT2D eigenvalue weighted by atomic mass is 10.1. The maximum absolute atomic E-state index is 12.0. The van der Waals surface area contributed by atoms with Crippen LogP contribution >= 0.6 is 11.3 Å². The summed E-state index contributed by atoms with van der Waals surface area (Å²) in [4.78, 5) is 2.20. The van der Waals surface area contributed by atoms with Crippen molar-refractivity contribution in [3.05, 3.63) is 83.2 Å². The Kier molecular flexibility index (Phi) is 6.62. The molecule has 0 aliphatic heterocycles. The molecule has 0 bridgehead atoms. The number of benzene rings is 2. The van der Waals surface area contributed by atoms with Gasteiger partial charge in [0.15, 0.2) is 0 Å². The molecule has 0 atom stereocenters. The Morgan fingerprint density at radius 2 is 1.78 bits per heavy atom. The highest BCUT2D eigenvalue weighted by molar-refractivity contribution is 7.91. The molecule has 1 aromatic heterocycles. The van der Waals surface area contributed by atoms with Gasteiger partial charge in [-0.15, -0.1) is 11.3 Å². The second-order valence-electron chi connectivity index (χ2n) is 5.79. The van der Waals surface area contributed by atoms with E-state index in [1.165, 1.54) is 17.8 Å². The van der Waals surface area contributed by atoms with Gasteiger partial charge in [-0.05, 0) is 59.7 Å². The number of rotatable bonds is 9. The summed E-state index contributed by atoms with van der Waals surface area (Å²) in [5.74, 6) is 0.777. The van der Waals surface area contributed by atoms with Crippen LogP contribution in [0.2, 0.25) is 0 Å². The molecule has 0 amide bonds. The molecule has 3 rings (SSSR count). The molecule has 0 unspecified atom stereocenters. The van der Waals surface area contributed by atoms with E-state index in [-0.39, 0.29) is 4.21 Å². The van der Waals surface area contributed by atoms with Crippen molar-refractivity contribution in [2.75, 3.05) is 6.61 Å². The van der Waals surface area contributed by atoms with Gasteiger partial charge in [0.2, 0.25) is 0 Å². The molecule has 0 aliphatic carbocycles. The van der Waals surface area contributed by atoms with Crippen LogP contribution < -0.4 is 9.57 Å². The van der Waals surface area contributed by atoms with Crippen LogP contribution in [0, 0.1) is 0 Å². The number of ether oxygens (including phenoxy) is 1. The summed E-state index contributed by atoms with van der Waals surface area (Å²) < 4.78 is 29.9. The first kappa shape index (κ1) is 19.1. The van der Waals surface area contributed by atoms with Crippen molar-refractivity contribution < 1.29 is 13.2 Å². The summed E-state index contributed by atoms with van der Waals surface area (Å²) in [5, 5.41) is 5.52. The van der Waals surface area contributed by atoms with Gasteiger partial charge in [0.05, 0.1) is 12.8 Å². The molecule has 0 radical (unpaired) electrons. The van der Waals surface area contributed by atoms with E-state index in [4.69, 9.17) is 4.74 Å². The molecular formula is C20H20N2O3S2. The first-order valence-corrected chi connectivity index (χ1v) is 10.8. The number of thiophene rings is 1. The maximum Gasteiger partial charge on any atom is 0.286 e. The molecule has 1 heterocycles. The molecule has 0 aliphatic rings. The fraction of sp³-hybridized carbons (Fsp3) is 0.150. The van der Waals surface area contributed by atoms with Crippen molar-refractivity contribution in [3.8, 4) is 5.75 Å². The van der Waals surface area contributed by atoms with Crippen LogP contribution in [0.1, 0.15) is 17.5 Å². The maximum atomic E-state index is 12.0. The second-order valence-corrected chi connectivity index (χ2v) is 8.63. The number of hydrogen-bond acceptors (Lipinski definition) is 5. The average molecular weight is 401 g/mol. The van der Waals surface area contributed by atoms with E-state index in [2.05, 4.69) is 22.1 Å². The van der Waals surface area contributed by atoms with E-state index in [0.29, 0.717) is 6.61 Å². The Morgan fingerprint density at radius 1 is 1.00 bits per heavy atom. The zero-order chi connectivity index (χ0) is 19.0. The van der Waals surface area contributed by atoms with E-state index < -0.39 is 10.0 Å². The minimum Gasteiger partial charge on any atom is -0.494 e. The Bertz CT molecular complexity index is 952. The fourth-order valence-electron chi connectivity index (χ4n) is 2.39. The smallest absolute Gasteiger partial charge is 0.286 e. The molecule has 0 saturated carbocycles. The molecule has 0 spiro atoms. The zero-order valence-corrected chi connectivity index (χ0v) is 16.2. The summed E-state index contributed by atoms with van der Waals surface area (Å²) in [6, 6.07) is 20.9. The van der Waals surface area contributed by atoms with Crippen molar-refractivity contribution in [1.82, 2.24) is 4.83 Å². The van der Waals surface area contributed by atoms with Gasteiger partial charge < -0.3 is 4.74 Å². The monoisotopic (exact) mass is 400 g/mol. The van der Waals surface area contributed by atoms with E-state index in [9.17, 15) is 8.42 Å². The highest BCUT2D eigenvalue weighted by Gasteiger charge is 2.12. The number of nitrogens with zero attached hydrogens (tertiary/aromatic N) is 1. The van der Waals surface area contributed by atoms with Gasteiger partial charge >= 0.3 is 0 Å². The minimum atomic E-state index is -3.59. The first-order chi connectivity index (χ1) is 13.1. The predicted molar refractivity (Wildman–Crippen MR) is 109 cm³/mol. The predicted octanol–water partition coefficient (Wildman–Crippen LogP) is 4.07. The van der Waals surface area contributed by atoms with Gasteiger partial charge in [0, 0.05) is 0 Å². The molecule has 7 heteroatoms. The minimum absolute atomic E-state index is 0.235. The van der Waals surface area contributed by atoms with E-state index in [0.717, 1.165) is 35.5 Å². The number of aryl methyl sites for hydroxylation is 1. The SMILES string of the molecule is O=S(=O)(N/N=C/c1ccc(OCCCc2ccccc2)cc1)c1cccs1. The third-order valence-corrected chi connectivity index (χ3v) is 6.37. The third kappa shape index (κ3) is 5.94. The van der Waals surface area contributed by atoms with Crippen LogP contribution in [0.25, 0.3) is 0 Å². The highest BCUT2D eigenvalue weighted by atomic mass is 32.2. The van der Waals surface area contributed by atoms with Crippen molar-refractivity contribution in [2.24, 2.45) is 5.10 Å². The molecule has 27 heavy (non-hydrogen) atoms. The van der Waals surface area contributed by atoms with E-state index in [1.807, 2.05) is 42.5 Å². The Labute approximate surface area is 163 Å². The van der Waals surface area contributed by atoms with Gasteiger partial charge in [-0.2, -0.15) is 18.4 Å². The van der Waals surface area contributed by atoms with Crippen molar-refractivity contribution in [3.63, 3.8) is 0 Å². The van der Waals surface area contributed by atoms with Crippen LogP contribution in [-0.2, 0) is 16.4 Å². The molecule has 2 aromatic carbocycles. The average Bonchev–Trinajstić information content (AvgIpc) is 3.23. The van der Waals surface area contributed by atoms with Crippen LogP contribution in [0.15, 0.2) is 81.4 Å². The molecule has 0 saturated heterocycles. The summed E-state index contributed by atoms with van der Waals surface area (Å²) in [7, 11) is -3.59. The van der Waals surface area contributed by atoms with E-state index in [1.54, 1.807) is 11.4 Å². The van der Waals surface area contributed by atoms with Gasteiger partial charge in [-0.1, -0.05) is 36.4 Å². The lowest BCUT2D eigenvalue weighted by Gasteiger charge is -2.06. The molecule has 3 aromatic rings. The van der Waals surface area contributed by atoms with Gasteiger partial charge in [0.25, 0.3) is 10.0 Å². The van der Waals surface area contributed by atoms with Gasteiger partial charge in [0.1, 0.15) is 9.96 Å². The normalized spacial score (nSPS) is 11.6. The summed E-state index contributed by atoms with van der Waals surface area (Å²) in [5.41, 5.74) is 2.08. The third-order valence-electron chi connectivity index (χ3n) is 3.75. The Balaban J connectivity index is 1.44. The largest absolute Gasteiger partial charge is 0.494 e. The molecular weight excluding hydrogens is 380 g/mol. The standard InChI is InChI=1S/C20H20N2O3S2/c23-27(24,20-9-5-15-26-20)22-21-16-18-10-12-19(13-11-18)25-14-4-8-17-6-2-1-3-7-17/h1-3,5-7,9-13,15-16,22H,4,8,14H2/b21-16+. The van der Waals surface area contributed by atoms with Gasteiger partial charge in [-0.25, -0.2) is 0 Å². The highest BCUT2D eigenvalue weighted by Crippen LogP contribution is 2.15. The van der Waals surface area contributed by atoms with Crippen molar-refractivity contribution in [1.29, 1.82) is 0 Å². The quantitative estimate of drug-likeness (QED) is 0.334.